The molecule has 258 valence electrons. The number of aromatic nitrogens is 8. The van der Waals surface area contributed by atoms with Crippen LogP contribution in [0.25, 0.3) is 34.0 Å². The summed E-state index contributed by atoms with van der Waals surface area (Å²) in [5.74, 6) is 1.69. The highest BCUT2D eigenvalue weighted by Gasteiger charge is 2.25. The molecule has 4 aromatic heterocycles. The van der Waals surface area contributed by atoms with Crippen molar-refractivity contribution in [2.24, 2.45) is 0 Å². The minimum absolute atomic E-state index is 0.0411. The van der Waals surface area contributed by atoms with Crippen LogP contribution in [0.4, 0.5) is 23.0 Å². The van der Waals surface area contributed by atoms with Crippen molar-refractivity contribution in [2.75, 3.05) is 16.4 Å². The highest BCUT2D eigenvalue weighted by Crippen LogP contribution is 2.28. The van der Waals surface area contributed by atoms with Gasteiger partial charge in [0, 0.05) is 12.1 Å². The molecule has 16 heteroatoms. The third-order valence-electron chi connectivity index (χ3n) is 9.17. The number of para-hydroxylation sites is 4. The molecular formula is C34H38N12O4. The lowest BCUT2D eigenvalue weighted by molar-refractivity contribution is -0.384. The highest BCUT2D eigenvalue weighted by molar-refractivity contribution is 5.77. The van der Waals surface area contributed by atoms with Crippen molar-refractivity contribution < 1.29 is 15.1 Å². The fourth-order valence-electron chi connectivity index (χ4n) is 6.40. The second-order valence-electron chi connectivity index (χ2n) is 12.6. The Labute approximate surface area is 286 Å². The summed E-state index contributed by atoms with van der Waals surface area (Å²) in [5, 5.41) is 37.2. The van der Waals surface area contributed by atoms with Gasteiger partial charge < -0.3 is 26.6 Å². The largest absolute Gasteiger partial charge is 0.394 e. The molecule has 2 fully saturated rings. The number of nitro groups is 1. The van der Waals surface area contributed by atoms with E-state index in [2.05, 4.69) is 40.5 Å². The van der Waals surface area contributed by atoms with Gasteiger partial charge >= 0.3 is 5.69 Å². The second kappa shape index (κ2) is 14.4. The zero-order valence-corrected chi connectivity index (χ0v) is 27.2. The fraction of sp³-hybridized carbons (Fsp3) is 0.353. The first kappa shape index (κ1) is 32.8. The van der Waals surface area contributed by atoms with Gasteiger partial charge in [-0.2, -0.15) is 9.97 Å². The Hall–Kier alpha value is -5.74. The molecule has 0 radical (unpaired) electrons. The highest BCUT2D eigenvalue weighted by atomic mass is 16.6. The average molecular weight is 679 g/mol. The van der Waals surface area contributed by atoms with Crippen LogP contribution in [0.5, 0.6) is 0 Å². The molecule has 2 aromatic carbocycles. The number of nitrogens with two attached hydrogens (primary N) is 1. The molecular weight excluding hydrogens is 640 g/mol. The van der Waals surface area contributed by atoms with Crippen molar-refractivity contribution in [1.29, 1.82) is 0 Å². The summed E-state index contributed by atoms with van der Waals surface area (Å²) in [6, 6.07) is 15.7. The number of fused-ring (bicyclic) bond motifs is 2. The fourth-order valence-corrected chi connectivity index (χ4v) is 6.40. The average Bonchev–Trinajstić information content (AvgIpc) is 3.76. The third-order valence-corrected chi connectivity index (χ3v) is 9.17. The topological polar surface area (TPSA) is 221 Å². The second-order valence-corrected chi connectivity index (χ2v) is 12.6. The Kier molecular flexibility index (Phi) is 9.44. The maximum atomic E-state index is 11.4. The zero-order valence-electron chi connectivity index (χ0n) is 27.2. The summed E-state index contributed by atoms with van der Waals surface area (Å²) in [5.41, 5.74) is 9.87. The summed E-state index contributed by atoms with van der Waals surface area (Å²) in [7, 11) is 0. The van der Waals surface area contributed by atoms with E-state index in [1.165, 1.54) is 6.20 Å². The maximum absolute atomic E-state index is 11.4. The Morgan fingerprint density at radius 1 is 0.680 bits per heavy atom. The van der Waals surface area contributed by atoms with Gasteiger partial charge in [0.15, 0.2) is 5.82 Å². The van der Waals surface area contributed by atoms with Crippen molar-refractivity contribution in [3.8, 4) is 11.9 Å². The lowest BCUT2D eigenvalue weighted by atomic mass is 9.93. The molecule has 2 aliphatic rings. The molecule has 0 saturated heterocycles. The van der Waals surface area contributed by atoms with E-state index in [0.29, 0.717) is 36.2 Å². The number of hydrogen-bond acceptors (Lipinski definition) is 13. The summed E-state index contributed by atoms with van der Waals surface area (Å²) in [6.07, 6.45) is 12.0. The number of nitrogens with one attached hydrogen (secondary N) is 2. The standard InChI is InChI=1S/C17H18N6O3.C17H20N6O/c24-12-7-5-11(6-8-12)20-16-15(23(25)26)9-18-17(21-16)22-10-19-13-3-1-2-4-14(13)22;18-13-9-19-17(23-10-20-14-3-1-2-4-15(14)23)22-16(13)21-11-5-7-12(24)8-6-11/h1-4,9-12,24H,5-8H2,(H,18,20,21);1-4,9-12,24H,5-8,18H2,(H,19,21,22). The van der Waals surface area contributed by atoms with Gasteiger partial charge in [0.05, 0.1) is 51.1 Å². The van der Waals surface area contributed by atoms with E-state index in [1.807, 2.05) is 53.1 Å². The number of hydrogen-bond donors (Lipinski definition) is 5. The van der Waals surface area contributed by atoms with Crippen LogP contribution in [0.1, 0.15) is 51.4 Å². The summed E-state index contributed by atoms with van der Waals surface area (Å²) < 4.78 is 3.56. The van der Waals surface area contributed by atoms with Crippen LogP contribution >= 0.6 is 0 Å². The molecule has 0 amide bonds. The quantitative estimate of drug-likeness (QED) is 0.116. The number of rotatable bonds is 7. The van der Waals surface area contributed by atoms with Crippen LogP contribution in [0.15, 0.2) is 73.6 Å². The van der Waals surface area contributed by atoms with Crippen molar-refractivity contribution in [3.63, 3.8) is 0 Å². The predicted octanol–water partition coefficient (Wildman–Crippen LogP) is 4.55. The van der Waals surface area contributed by atoms with E-state index < -0.39 is 4.92 Å². The smallest absolute Gasteiger partial charge is 0.329 e. The first-order valence-corrected chi connectivity index (χ1v) is 16.7. The molecule has 0 spiro atoms. The zero-order chi connectivity index (χ0) is 34.6. The van der Waals surface area contributed by atoms with Gasteiger partial charge in [-0.25, -0.2) is 19.9 Å². The summed E-state index contributed by atoms with van der Waals surface area (Å²) in [4.78, 5) is 37.0. The molecule has 2 saturated carbocycles. The van der Waals surface area contributed by atoms with E-state index in [0.717, 1.165) is 60.6 Å². The number of nitrogens with zero attached hydrogens (tertiary/aromatic N) is 9. The van der Waals surface area contributed by atoms with E-state index in [4.69, 9.17) is 5.73 Å². The minimum Gasteiger partial charge on any atom is -0.394 e. The number of imidazole rings is 2. The van der Waals surface area contributed by atoms with E-state index in [-0.39, 0.29) is 35.8 Å². The molecule has 8 rings (SSSR count). The monoisotopic (exact) mass is 678 g/mol. The lowest BCUT2D eigenvalue weighted by Crippen LogP contribution is -2.29. The van der Waals surface area contributed by atoms with Gasteiger partial charge in [-0.05, 0) is 75.6 Å². The van der Waals surface area contributed by atoms with Crippen LogP contribution in [-0.4, -0.2) is 78.5 Å². The molecule has 0 bridgehead atoms. The van der Waals surface area contributed by atoms with E-state index in [9.17, 15) is 20.3 Å². The maximum Gasteiger partial charge on any atom is 0.329 e. The molecule has 0 aliphatic heterocycles. The van der Waals surface area contributed by atoms with Gasteiger partial charge in [0.2, 0.25) is 17.7 Å². The molecule has 2 aliphatic carbocycles. The molecule has 6 N–H and O–H groups in total. The predicted molar refractivity (Wildman–Crippen MR) is 188 cm³/mol. The molecule has 4 heterocycles. The SMILES string of the molecule is Nc1cnc(-n2cnc3ccccc32)nc1NC1CCC(O)CC1.O=[N+]([O-])c1cnc(-n2cnc3ccccc32)nc1NC1CCC(O)CC1. The van der Waals surface area contributed by atoms with Gasteiger partial charge in [-0.3, -0.25) is 19.2 Å². The van der Waals surface area contributed by atoms with Crippen molar-refractivity contribution in [3.05, 3.63) is 83.7 Å². The minimum atomic E-state index is -0.490. The van der Waals surface area contributed by atoms with Crippen LogP contribution in [0.2, 0.25) is 0 Å². The third kappa shape index (κ3) is 7.16. The van der Waals surface area contributed by atoms with Gasteiger partial charge in [-0.15, -0.1) is 0 Å². The van der Waals surface area contributed by atoms with Gasteiger partial charge in [0.1, 0.15) is 18.9 Å². The van der Waals surface area contributed by atoms with Crippen LogP contribution in [-0.2, 0) is 0 Å². The Bertz CT molecular complexity index is 2100. The van der Waals surface area contributed by atoms with Crippen LogP contribution < -0.4 is 16.4 Å². The number of aliphatic hydroxyl groups excluding tert-OH is 2. The first-order chi connectivity index (χ1) is 24.3. The molecule has 16 nitrogen and oxygen atoms in total. The van der Waals surface area contributed by atoms with Gasteiger partial charge in [0.25, 0.3) is 0 Å². The molecule has 6 aromatic rings. The number of anilines is 3. The Balaban J connectivity index is 0.000000157. The van der Waals surface area contributed by atoms with E-state index >= 15 is 0 Å². The van der Waals surface area contributed by atoms with Crippen molar-refractivity contribution in [2.45, 2.75) is 75.7 Å². The Morgan fingerprint density at radius 3 is 1.66 bits per heavy atom. The summed E-state index contributed by atoms with van der Waals surface area (Å²) >= 11 is 0. The molecule has 0 unspecified atom stereocenters. The van der Waals surface area contributed by atoms with E-state index in [1.54, 1.807) is 23.4 Å². The van der Waals surface area contributed by atoms with Crippen molar-refractivity contribution in [1.82, 2.24) is 39.0 Å². The summed E-state index contributed by atoms with van der Waals surface area (Å²) in [6.45, 7) is 0. The van der Waals surface area contributed by atoms with Crippen LogP contribution in [0, 0.1) is 10.1 Å². The molecule has 50 heavy (non-hydrogen) atoms. The first-order valence-electron chi connectivity index (χ1n) is 16.7. The van der Waals surface area contributed by atoms with Crippen molar-refractivity contribution >= 4 is 45.1 Å². The van der Waals surface area contributed by atoms with Crippen LogP contribution in [0.3, 0.4) is 0 Å². The lowest BCUT2D eigenvalue weighted by Gasteiger charge is -2.27. The molecule has 0 atom stereocenters. The number of nitrogen functional groups attached to an aromatic ring is 1. The Morgan fingerprint density at radius 2 is 1.14 bits per heavy atom. The van der Waals surface area contributed by atoms with Gasteiger partial charge in [-0.1, -0.05) is 24.3 Å². The normalized spacial score (nSPS) is 20.6. The number of aliphatic hydroxyl groups is 2. The number of benzene rings is 2.